The number of benzene rings is 1. The van der Waals surface area contributed by atoms with Crippen LogP contribution in [-0.2, 0) is 6.54 Å². The van der Waals surface area contributed by atoms with E-state index in [1.54, 1.807) is 0 Å². The molecule has 0 spiro atoms. The summed E-state index contributed by atoms with van der Waals surface area (Å²) in [6, 6.07) is 8.24. The number of urea groups is 1. The molecule has 1 aliphatic heterocycles. The van der Waals surface area contributed by atoms with Crippen molar-refractivity contribution in [3.63, 3.8) is 0 Å². The van der Waals surface area contributed by atoms with Gasteiger partial charge in [0.1, 0.15) is 0 Å². The number of amides is 3. The van der Waals surface area contributed by atoms with Crippen LogP contribution in [0.15, 0.2) is 24.3 Å². The maximum atomic E-state index is 12.4. The molecule has 2 aliphatic rings. The van der Waals surface area contributed by atoms with Gasteiger partial charge >= 0.3 is 6.03 Å². The number of hydrogen-bond donors (Lipinski definition) is 2. The zero-order valence-corrected chi connectivity index (χ0v) is 15.1. The quantitative estimate of drug-likeness (QED) is 0.856. The number of rotatable bonds is 5. The molecule has 136 valence electrons. The largest absolute Gasteiger partial charge is 0.349 e. The van der Waals surface area contributed by atoms with E-state index in [0.717, 1.165) is 44.3 Å². The highest BCUT2D eigenvalue weighted by atomic mass is 16.2. The second-order valence-electron chi connectivity index (χ2n) is 7.31. The van der Waals surface area contributed by atoms with Crippen molar-refractivity contribution in [2.75, 3.05) is 27.2 Å². The Morgan fingerprint density at radius 1 is 1.16 bits per heavy atom. The molecule has 0 aromatic heterocycles. The zero-order valence-electron chi connectivity index (χ0n) is 15.1. The number of carbonyl (C=O) groups excluding carboxylic acids is 2. The van der Waals surface area contributed by atoms with Crippen molar-refractivity contribution in [2.24, 2.45) is 0 Å². The molecule has 2 fully saturated rings. The number of hydrogen-bond acceptors (Lipinski definition) is 3. The molecule has 3 rings (SSSR count). The number of piperidine rings is 1. The lowest BCUT2D eigenvalue weighted by atomic mass is 10.1. The normalized spacial score (nSPS) is 20.4. The van der Waals surface area contributed by atoms with Crippen LogP contribution in [0.25, 0.3) is 0 Å². The summed E-state index contributed by atoms with van der Waals surface area (Å²) in [5.74, 6) is -0.0128. The molecule has 1 aromatic rings. The summed E-state index contributed by atoms with van der Waals surface area (Å²) < 4.78 is 0. The summed E-state index contributed by atoms with van der Waals surface area (Å²) in [5.41, 5.74) is 1.67. The average Bonchev–Trinajstić information content (AvgIpc) is 3.44. The smallest absolute Gasteiger partial charge is 0.317 e. The van der Waals surface area contributed by atoms with E-state index >= 15 is 0 Å². The van der Waals surface area contributed by atoms with Crippen LogP contribution < -0.4 is 10.6 Å². The second kappa shape index (κ2) is 7.87. The highest BCUT2D eigenvalue weighted by Gasteiger charge is 2.25. The van der Waals surface area contributed by atoms with Crippen LogP contribution in [0.3, 0.4) is 0 Å². The molecule has 1 heterocycles. The average molecular weight is 344 g/mol. The lowest BCUT2D eigenvalue weighted by Gasteiger charge is -2.36. The van der Waals surface area contributed by atoms with Gasteiger partial charge in [0.2, 0.25) is 0 Å². The fourth-order valence-electron chi connectivity index (χ4n) is 3.12. The molecule has 0 radical (unpaired) electrons. The van der Waals surface area contributed by atoms with E-state index in [1.807, 2.05) is 29.2 Å². The number of nitrogens with one attached hydrogen (secondary N) is 2. The Morgan fingerprint density at radius 3 is 2.52 bits per heavy atom. The van der Waals surface area contributed by atoms with Gasteiger partial charge in [-0.15, -0.1) is 0 Å². The summed E-state index contributed by atoms with van der Waals surface area (Å²) in [4.78, 5) is 28.4. The van der Waals surface area contributed by atoms with Gasteiger partial charge < -0.3 is 20.4 Å². The van der Waals surface area contributed by atoms with Crippen molar-refractivity contribution in [2.45, 2.75) is 44.3 Å². The van der Waals surface area contributed by atoms with Crippen molar-refractivity contribution >= 4 is 11.9 Å². The molecule has 3 amide bonds. The first-order chi connectivity index (χ1) is 12.0. The maximum absolute atomic E-state index is 12.4. The SMILES string of the molecule is CN(C)C1CCCN(C(=O)NCc2ccc(C(=O)NC3CC3)cc2)C1. The van der Waals surface area contributed by atoms with Gasteiger partial charge in [0.15, 0.2) is 0 Å². The van der Waals surface area contributed by atoms with Gasteiger partial charge in [-0.3, -0.25) is 4.79 Å². The topological polar surface area (TPSA) is 64.7 Å². The first-order valence-corrected chi connectivity index (χ1v) is 9.12. The van der Waals surface area contributed by atoms with Gasteiger partial charge in [0.05, 0.1) is 0 Å². The third-order valence-electron chi connectivity index (χ3n) is 4.99. The predicted octanol–water partition coefficient (Wildman–Crippen LogP) is 1.81. The highest BCUT2D eigenvalue weighted by Crippen LogP contribution is 2.19. The monoisotopic (exact) mass is 344 g/mol. The van der Waals surface area contributed by atoms with Crippen molar-refractivity contribution in [1.82, 2.24) is 20.4 Å². The van der Waals surface area contributed by atoms with Crippen LogP contribution in [0.2, 0.25) is 0 Å². The van der Waals surface area contributed by atoms with E-state index in [-0.39, 0.29) is 11.9 Å². The Labute approximate surface area is 149 Å². The molecule has 1 unspecified atom stereocenters. The summed E-state index contributed by atoms with van der Waals surface area (Å²) >= 11 is 0. The van der Waals surface area contributed by atoms with E-state index in [9.17, 15) is 9.59 Å². The Bertz CT molecular complexity index is 610. The first kappa shape index (κ1) is 17.7. The maximum Gasteiger partial charge on any atom is 0.317 e. The third kappa shape index (κ3) is 4.95. The van der Waals surface area contributed by atoms with Crippen LogP contribution in [-0.4, -0.2) is 61.0 Å². The Kier molecular flexibility index (Phi) is 5.58. The first-order valence-electron chi connectivity index (χ1n) is 9.12. The Hall–Kier alpha value is -2.08. The minimum atomic E-state index is -0.0128. The number of likely N-dealkylation sites (tertiary alicyclic amines) is 1. The summed E-state index contributed by atoms with van der Waals surface area (Å²) in [5, 5.41) is 5.96. The molecule has 6 heteroatoms. The Morgan fingerprint density at radius 2 is 1.88 bits per heavy atom. The number of nitrogens with zero attached hydrogens (tertiary/aromatic N) is 2. The molecule has 6 nitrogen and oxygen atoms in total. The van der Waals surface area contributed by atoms with Crippen molar-refractivity contribution in [3.05, 3.63) is 35.4 Å². The molecule has 1 saturated carbocycles. The minimum Gasteiger partial charge on any atom is -0.349 e. The fraction of sp³-hybridized carbons (Fsp3) is 0.579. The summed E-state index contributed by atoms with van der Waals surface area (Å²) in [6.07, 6.45) is 4.35. The lowest BCUT2D eigenvalue weighted by Crippen LogP contribution is -2.50. The molecular weight excluding hydrogens is 316 g/mol. The van der Waals surface area contributed by atoms with Gasteiger partial charge in [0.25, 0.3) is 5.91 Å². The van der Waals surface area contributed by atoms with E-state index in [2.05, 4.69) is 29.6 Å². The summed E-state index contributed by atoms with van der Waals surface area (Å²) in [6.45, 7) is 2.07. The number of likely N-dealkylation sites (N-methyl/N-ethyl adjacent to an activating group) is 1. The van der Waals surface area contributed by atoms with E-state index in [1.165, 1.54) is 0 Å². The van der Waals surface area contributed by atoms with Crippen LogP contribution in [0.1, 0.15) is 41.6 Å². The van der Waals surface area contributed by atoms with E-state index in [0.29, 0.717) is 24.2 Å². The molecule has 0 bridgehead atoms. The van der Waals surface area contributed by atoms with Crippen LogP contribution >= 0.6 is 0 Å². The molecule has 1 aromatic carbocycles. The molecule has 1 saturated heterocycles. The van der Waals surface area contributed by atoms with Crippen LogP contribution in [0.5, 0.6) is 0 Å². The minimum absolute atomic E-state index is 0.0119. The molecule has 2 N–H and O–H groups in total. The Balaban J connectivity index is 1.47. The molecule has 25 heavy (non-hydrogen) atoms. The number of carbonyl (C=O) groups is 2. The van der Waals surface area contributed by atoms with Crippen LogP contribution in [0.4, 0.5) is 4.79 Å². The highest BCUT2D eigenvalue weighted by molar-refractivity contribution is 5.94. The van der Waals surface area contributed by atoms with Crippen LogP contribution in [0, 0.1) is 0 Å². The van der Waals surface area contributed by atoms with E-state index < -0.39 is 0 Å². The fourth-order valence-corrected chi connectivity index (χ4v) is 3.12. The lowest BCUT2D eigenvalue weighted by molar-refractivity contribution is 0.0951. The zero-order chi connectivity index (χ0) is 17.8. The van der Waals surface area contributed by atoms with Crippen molar-refractivity contribution in [1.29, 1.82) is 0 Å². The van der Waals surface area contributed by atoms with Gasteiger partial charge in [-0.25, -0.2) is 4.79 Å². The standard InChI is InChI=1S/C19H28N4O2/c1-22(2)17-4-3-11-23(13-17)19(25)20-12-14-5-7-15(8-6-14)18(24)21-16-9-10-16/h5-8,16-17H,3-4,9-13H2,1-2H3,(H,20,25)(H,21,24). The van der Waals surface area contributed by atoms with Gasteiger partial charge in [0, 0.05) is 37.3 Å². The predicted molar refractivity (Wildman–Crippen MR) is 97.4 cm³/mol. The van der Waals surface area contributed by atoms with Gasteiger partial charge in [-0.1, -0.05) is 12.1 Å². The third-order valence-corrected chi connectivity index (χ3v) is 4.99. The molecular formula is C19H28N4O2. The van der Waals surface area contributed by atoms with Crippen molar-refractivity contribution < 1.29 is 9.59 Å². The van der Waals surface area contributed by atoms with E-state index in [4.69, 9.17) is 0 Å². The molecule has 1 aliphatic carbocycles. The van der Waals surface area contributed by atoms with Crippen molar-refractivity contribution in [3.8, 4) is 0 Å². The van der Waals surface area contributed by atoms with Gasteiger partial charge in [-0.05, 0) is 57.5 Å². The van der Waals surface area contributed by atoms with Gasteiger partial charge in [-0.2, -0.15) is 0 Å². The summed E-state index contributed by atoms with van der Waals surface area (Å²) in [7, 11) is 4.13. The molecule has 1 atom stereocenters. The second-order valence-corrected chi connectivity index (χ2v) is 7.31.